The van der Waals surface area contributed by atoms with E-state index in [1.807, 2.05) is 24.3 Å². The van der Waals surface area contributed by atoms with Crippen LogP contribution in [-0.2, 0) is 12.0 Å². The molecule has 0 saturated carbocycles. The highest BCUT2D eigenvalue weighted by atomic mass is 16.5. The first-order valence-electron chi connectivity index (χ1n) is 5.73. The number of aromatic nitrogens is 2. The molecule has 0 radical (unpaired) electrons. The van der Waals surface area contributed by atoms with Gasteiger partial charge in [0.05, 0.1) is 19.0 Å². The van der Waals surface area contributed by atoms with Crippen LogP contribution in [0.5, 0.6) is 5.75 Å². The van der Waals surface area contributed by atoms with Crippen LogP contribution in [0, 0.1) is 0 Å². The largest absolute Gasteiger partial charge is 0.497 e. The first kappa shape index (κ1) is 12.5. The summed E-state index contributed by atoms with van der Waals surface area (Å²) in [6.07, 6.45) is 5.24. The van der Waals surface area contributed by atoms with Crippen molar-refractivity contribution in [2.45, 2.75) is 18.9 Å². The monoisotopic (exact) mass is 244 g/mol. The molecule has 0 aliphatic carbocycles. The van der Waals surface area contributed by atoms with Gasteiger partial charge in [0.25, 0.3) is 0 Å². The second-order valence-electron chi connectivity index (χ2n) is 4.39. The quantitative estimate of drug-likeness (QED) is 0.893. The highest BCUT2D eigenvalue weighted by Crippen LogP contribution is 2.23. The number of hydrogen-bond acceptors (Lipinski definition) is 4. The Kier molecular flexibility index (Phi) is 3.58. The van der Waals surface area contributed by atoms with Crippen molar-refractivity contribution < 1.29 is 9.84 Å². The van der Waals surface area contributed by atoms with Crippen LogP contribution in [0.1, 0.15) is 18.2 Å². The van der Waals surface area contributed by atoms with Crippen molar-refractivity contribution >= 4 is 0 Å². The summed E-state index contributed by atoms with van der Waals surface area (Å²) in [6.45, 7) is 1.74. The molecule has 0 fully saturated rings. The summed E-state index contributed by atoms with van der Waals surface area (Å²) >= 11 is 0. The molecule has 0 bridgehead atoms. The second kappa shape index (κ2) is 5.14. The molecule has 0 saturated heterocycles. The molecule has 1 heterocycles. The van der Waals surface area contributed by atoms with Crippen LogP contribution in [0.15, 0.2) is 42.9 Å². The van der Waals surface area contributed by atoms with E-state index < -0.39 is 5.60 Å². The summed E-state index contributed by atoms with van der Waals surface area (Å²) in [4.78, 5) is 8.12. The van der Waals surface area contributed by atoms with Crippen LogP contribution in [0.25, 0.3) is 0 Å². The van der Waals surface area contributed by atoms with E-state index >= 15 is 0 Å². The molecular weight excluding hydrogens is 228 g/mol. The third kappa shape index (κ3) is 2.84. The fourth-order valence-corrected chi connectivity index (χ4v) is 1.81. The molecule has 2 aromatic rings. The molecule has 0 aliphatic rings. The van der Waals surface area contributed by atoms with Gasteiger partial charge >= 0.3 is 0 Å². The summed E-state index contributed by atoms with van der Waals surface area (Å²) in [5, 5.41) is 10.4. The van der Waals surface area contributed by atoms with Gasteiger partial charge in [-0.2, -0.15) is 0 Å². The van der Waals surface area contributed by atoms with Crippen molar-refractivity contribution in [3.05, 3.63) is 54.1 Å². The van der Waals surface area contributed by atoms with Crippen molar-refractivity contribution in [2.75, 3.05) is 7.11 Å². The Morgan fingerprint density at radius 1 is 1.22 bits per heavy atom. The Hall–Kier alpha value is -1.94. The molecule has 0 aliphatic heterocycles. The predicted molar refractivity (Wildman–Crippen MR) is 68.3 cm³/mol. The molecule has 1 unspecified atom stereocenters. The zero-order valence-electron chi connectivity index (χ0n) is 10.5. The van der Waals surface area contributed by atoms with E-state index in [1.54, 1.807) is 32.6 Å². The SMILES string of the molecule is COc1ccc(CC(C)(O)c2cnccn2)cc1. The molecule has 18 heavy (non-hydrogen) atoms. The lowest BCUT2D eigenvalue weighted by Crippen LogP contribution is -2.25. The number of rotatable bonds is 4. The fraction of sp³-hybridized carbons (Fsp3) is 0.286. The maximum Gasteiger partial charge on any atom is 0.118 e. The number of aliphatic hydroxyl groups is 1. The van der Waals surface area contributed by atoms with E-state index in [9.17, 15) is 5.11 Å². The van der Waals surface area contributed by atoms with Crippen LogP contribution < -0.4 is 4.74 Å². The van der Waals surface area contributed by atoms with Crippen LogP contribution in [0.2, 0.25) is 0 Å². The standard InChI is InChI=1S/C14H16N2O2/c1-14(17,13-10-15-7-8-16-13)9-11-3-5-12(18-2)6-4-11/h3-8,10,17H,9H2,1-2H3. The molecule has 1 aromatic heterocycles. The van der Waals surface area contributed by atoms with E-state index in [0.29, 0.717) is 12.1 Å². The summed E-state index contributed by atoms with van der Waals surface area (Å²) < 4.78 is 5.10. The summed E-state index contributed by atoms with van der Waals surface area (Å²) in [5.74, 6) is 0.804. The number of benzene rings is 1. The Bertz CT molecular complexity index is 495. The van der Waals surface area contributed by atoms with Gasteiger partial charge in [0.15, 0.2) is 0 Å². The highest BCUT2D eigenvalue weighted by molar-refractivity contribution is 5.28. The Balaban J connectivity index is 2.16. The van der Waals surface area contributed by atoms with Crippen LogP contribution in [-0.4, -0.2) is 22.2 Å². The van der Waals surface area contributed by atoms with Crippen LogP contribution >= 0.6 is 0 Å². The van der Waals surface area contributed by atoms with Crippen LogP contribution in [0.3, 0.4) is 0 Å². The average molecular weight is 244 g/mol. The Labute approximate surface area is 106 Å². The van der Waals surface area contributed by atoms with Gasteiger partial charge in [-0.25, -0.2) is 0 Å². The maximum absolute atomic E-state index is 10.4. The van der Waals surface area contributed by atoms with Gasteiger partial charge in [-0.3, -0.25) is 9.97 Å². The number of hydrogen-bond donors (Lipinski definition) is 1. The summed E-state index contributed by atoms with van der Waals surface area (Å²) in [5.41, 5.74) is 0.565. The Morgan fingerprint density at radius 3 is 2.50 bits per heavy atom. The van der Waals surface area contributed by atoms with Gasteiger partial charge < -0.3 is 9.84 Å². The Morgan fingerprint density at radius 2 is 1.94 bits per heavy atom. The second-order valence-corrected chi connectivity index (χ2v) is 4.39. The van der Waals surface area contributed by atoms with E-state index in [0.717, 1.165) is 11.3 Å². The third-order valence-corrected chi connectivity index (χ3v) is 2.82. The van der Waals surface area contributed by atoms with Crippen molar-refractivity contribution in [2.24, 2.45) is 0 Å². The van der Waals surface area contributed by atoms with Crippen molar-refractivity contribution in [1.29, 1.82) is 0 Å². The predicted octanol–water partition coefficient (Wildman–Crippen LogP) is 1.94. The topological polar surface area (TPSA) is 55.2 Å². The minimum Gasteiger partial charge on any atom is -0.497 e. The van der Waals surface area contributed by atoms with Crippen molar-refractivity contribution in [3.63, 3.8) is 0 Å². The number of methoxy groups -OCH3 is 1. The molecule has 94 valence electrons. The molecular formula is C14H16N2O2. The zero-order chi connectivity index (χ0) is 13.0. The lowest BCUT2D eigenvalue weighted by molar-refractivity contribution is 0.0526. The molecule has 1 atom stereocenters. The molecule has 4 heteroatoms. The summed E-state index contributed by atoms with van der Waals surface area (Å²) in [6, 6.07) is 7.62. The van der Waals surface area contributed by atoms with Gasteiger partial charge in [0.1, 0.15) is 11.4 Å². The van der Waals surface area contributed by atoms with E-state index in [4.69, 9.17) is 4.74 Å². The average Bonchev–Trinajstić information content (AvgIpc) is 2.40. The summed E-state index contributed by atoms with van der Waals surface area (Å²) in [7, 11) is 1.63. The van der Waals surface area contributed by atoms with Crippen LogP contribution in [0.4, 0.5) is 0 Å². The molecule has 0 spiro atoms. The first-order valence-corrected chi connectivity index (χ1v) is 5.73. The smallest absolute Gasteiger partial charge is 0.118 e. The molecule has 2 rings (SSSR count). The van der Waals surface area contributed by atoms with Gasteiger partial charge in [-0.15, -0.1) is 0 Å². The molecule has 0 amide bonds. The van der Waals surface area contributed by atoms with Gasteiger partial charge in [0.2, 0.25) is 0 Å². The lowest BCUT2D eigenvalue weighted by atomic mass is 9.93. The highest BCUT2D eigenvalue weighted by Gasteiger charge is 2.25. The van der Waals surface area contributed by atoms with E-state index in [2.05, 4.69) is 9.97 Å². The number of ether oxygens (including phenoxy) is 1. The maximum atomic E-state index is 10.4. The fourth-order valence-electron chi connectivity index (χ4n) is 1.81. The molecule has 1 N–H and O–H groups in total. The minimum atomic E-state index is -1.02. The zero-order valence-corrected chi connectivity index (χ0v) is 10.5. The van der Waals surface area contributed by atoms with E-state index in [1.165, 1.54) is 0 Å². The third-order valence-electron chi connectivity index (χ3n) is 2.82. The normalized spacial score (nSPS) is 13.9. The minimum absolute atomic E-state index is 0.482. The van der Waals surface area contributed by atoms with Gasteiger partial charge in [0, 0.05) is 18.8 Å². The van der Waals surface area contributed by atoms with Gasteiger partial charge in [-0.1, -0.05) is 12.1 Å². The van der Waals surface area contributed by atoms with Gasteiger partial charge in [-0.05, 0) is 24.6 Å². The number of nitrogens with zero attached hydrogens (tertiary/aromatic N) is 2. The lowest BCUT2D eigenvalue weighted by Gasteiger charge is -2.22. The van der Waals surface area contributed by atoms with E-state index in [-0.39, 0.29) is 0 Å². The van der Waals surface area contributed by atoms with Crippen molar-refractivity contribution in [1.82, 2.24) is 9.97 Å². The first-order chi connectivity index (χ1) is 8.62. The van der Waals surface area contributed by atoms with Crippen molar-refractivity contribution in [3.8, 4) is 5.75 Å². The molecule has 4 nitrogen and oxygen atoms in total. The molecule has 1 aromatic carbocycles.